The van der Waals surface area contributed by atoms with Gasteiger partial charge in [-0.1, -0.05) is 30.1 Å². The molecule has 1 N–H and O–H groups in total. The quantitative estimate of drug-likeness (QED) is 0.481. The van der Waals surface area contributed by atoms with Gasteiger partial charge in [-0.25, -0.2) is 9.97 Å². The Labute approximate surface area is 219 Å². The largest absolute Gasteiger partial charge is 0.493 e. The van der Waals surface area contributed by atoms with Crippen LogP contribution in [0.25, 0.3) is 10.9 Å². The van der Waals surface area contributed by atoms with Crippen molar-refractivity contribution in [2.75, 3.05) is 58.6 Å². The molecular formula is C24H27Cl2N7O3. The fourth-order valence-corrected chi connectivity index (χ4v) is 4.48. The van der Waals surface area contributed by atoms with Crippen LogP contribution < -0.4 is 14.8 Å². The van der Waals surface area contributed by atoms with Gasteiger partial charge in [-0.15, -0.1) is 0 Å². The molecule has 0 atom stereocenters. The third-order valence-corrected chi connectivity index (χ3v) is 6.96. The lowest BCUT2D eigenvalue weighted by Gasteiger charge is -2.36. The van der Waals surface area contributed by atoms with E-state index in [2.05, 4.69) is 37.2 Å². The highest BCUT2D eigenvalue weighted by Gasteiger charge is 2.28. The Balaban J connectivity index is 1.32. The summed E-state index contributed by atoms with van der Waals surface area (Å²) in [5, 5.41) is 9.23. The molecule has 0 aliphatic carbocycles. The van der Waals surface area contributed by atoms with Gasteiger partial charge in [-0.2, -0.15) is 0 Å². The predicted molar refractivity (Wildman–Crippen MR) is 140 cm³/mol. The van der Waals surface area contributed by atoms with Crippen LogP contribution in [-0.2, 0) is 4.84 Å². The number of anilines is 2. The average molecular weight is 532 g/mol. The van der Waals surface area contributed by atoms with Crippen LogP contribution in [0.15, 0.2) is 41.8 Å². The zero-order valence-corrected chi connectivity index (χ0v) is 21.6. The smallest absolute Gasteiger partial charge is 0.244 e. The molecule has 0 unspecified atom stereocenters. The van der Waals surface area contributed by atoms with Crippen molar-refractivity contribution in [3.8, 4) is 11.5 Å². The summed E-state index contributed by atoms with van der Waals surface area (Å²) in [6.45, 7) is 7.63. The molecule has 2 aliphatic heterocycles. The van der Waals surface area contributed by atoms with Crippen molar-refractivity contribution in [2.45, 2.75) is 6.92 Å². The SMILES string of the molecule is CCN1CCN(C2=NOCN2COc2cc3ncnc(Nc4ccc(Cl)c(Cl)c4)c3cc2OC)CC1. The molecule has 12 heteroatoms. The third-order valence-electron chi connectivity index (χ3n) is 6.22. The molecule has 3 aromatic rings. The number of oxime groups is 1. The molecule has 1 fully saturated rings. The number of piperazine rings is 1. The lowest BCUT2D eigenvalue weighted by atomic mass is 10.2. The molecule has 5 rings (SSSR count). The van der Waals surface area contributed by atoms with Gasteiger partial charge in [0.15, 0.2) is 25.0 Å². The molecule has 0 amide bonds. The number of hydrogen-bond donors (Lipinski definition) is 1. The number of methoxy groups -OCH3 is 1. The fraction of sp³-hybridized carbons (Fsp3) is 0.375. The summed E-state index contributed by atoms with van der Waals surface area (Å²) in [6.07, 6.45) is 1.49. The summed E-state index contributed by atoms with van der Waals surface area (Å²) in [5.41, 5.74) is 1.45. The van der Waals surface area contributed by atoms with E-state index in [4.69, 9.17) is 37.5 Å². The lowest BCUT2D eigenvalue weighted by Crippen LogP contribution is -2.52. The van der Waals surface area contributed by atoms with Gasteiger partial charge in [-0.3, -0.25) is 4.90 Å². The Kier molecular flexibility index (Phi) is 7.35. The summed E-state index contributed by atoms with van der Waals surface area (Å²) < 4.78 is 11.8. The van der Waals surface area contributed by atoms with Crippen molar-refractivity contribution >= 4 is 51.6 Å². The maximum Gasteiger partial charge on any atom is 0.244 e. The third kappa shape index (κ3) is 5.16. The van der Waals surface area contributed by atoms with E-state index in [1.807, 2.05) is 23.1 Å². The first-order chi connectivity index (χ1) is 17.6. The molecule has 0 spiro atoms. The topological polar surface area (TPSA) is 87.6 Å². The Hall–Kier alpha value is -3.21. The number of fused-ring (bicyclic) bond motifs is 1. The molecule has 0 saturated carbocycles. The standard InChI is InChI=1S/C24H27Cl2N7O3/c1-3-31-6-8-32(9-7-31)24-30-36-15-33(24)14-35-22-12-20-17(11-21(22)34-2)23(28-13-27-20)29-16-4-5-18(25)19(26)10-16/h4-5,10-13H,3,6-9,14-15H2,1-2H3,(H,27,28,29). The number of likely N-dealkylation sites (N-methyl/N-ethyl adjacent to an activating group) is 1. The van der Waals surface area contributed by atoms with E-state index in [9.17, 15) is 0 Å². The number of nitrogens with one attached hydrogen (secondary N) is 1. The fourth-order valence-electron chi connectivity index (χ4n) is 4.18. The Morgan fingerprint density at radius 3 is 2.61 bits per heavy atom. The number of rotatable bonds is 7. The van der Waals surface area contributed by atoms with E-state index < -0.39 is 0 Å². The highest BCUT2D eigenvalue weighted by Crippen LogP contribution is 2.35. The second-order valence-electron chi connectivity index (χ2n) is 8.38. The van der Waals surface area contributed by atoms with Crippen LogP contribution in [0.4, 0.5) is 11.5 Å². The molecule has 10 nitrogen and oxygen atoms in total. The minimum absolute atomic E-state index is 0.258. The Morgan fingerprint density at radius 2 is 1.86 bits per heavy atom. The van der Waals surface area contributed by atoms with Crippen LogP contribution >= 0.6 is 23.2 Å². The van der Waals surface area contributed by atoms with Crippen LogP contribution in [0.3, 0.4) is 0 Å². The second-order valence-corrected chi connectivity index (χ2v) is 9.19. The van der Waals surface area contributed by atoms with Crippen molar-refractivity contribution in [3.63, 3.8) is 0 Å². The molecule has 190 valence electrons. The van der Waals surface area contributed by atoms with Crippen LogP contribution in [0.2, 0.25) is 10.0 Å². The van der Waals surface area contributed by atoms with Gasteiger partial charge < -0.3 is 29.4 Å². The molecular weight excluding hydrogens is 505 g/mol. The lowest BCUT2D eigenvalue weighted by molar-refractivity contribution is 0.0678. The monoisotopic (exact) mass is 531 g/mol. The normalized spacial score (nSPS) is 16.2. The number of benzene rings is 2. The molecule has 2 aromatic carbocycles. The summed E-state index contributed by atoms with van der Waals surface area (Å²) in [6, 6.07) is 8.99. The molecule has 3 heterocycles. The Bertz CT molecular complexity index is 1270. The number of hydrogen-bond acceptors (Lipinski definition) is 10. The maximum absolute atomic E-state index is 6.16. The molecule has 1 saturated heterocycles. The number of nitrogens with zero attached hydrogens (tertiary/aromatic N) is 6. The number of guanidine groups is 1. The van der Waals surface area contributed by atoms with Crippen LogP contribution in [-0.4, -0.2) is 83.9 Å². The number of aromatic nitrogens is 2. The predicted octanol–water partition coefficient (Wildman–Crippen LogP) is 4.22. The molecule has 0 bridgehead atoms. The first kappa shape index (κ1) is 24.5. The van der Waals surface area contributed by atoms with Crippen molar-refractivity contribution in [2.24, 2.45) is 5.16 Å². The van der Waals surface area contributed by atoms with E-state index in [0.29, 0.717) is 39.6 Å². The van der Waals surface area contributed by atoms with E-state index >= 15 is 0 Å². The average Bonchev–Trinajstić information content (AvgIpc) is 3.38. The molecule has 36 heavy (non-hydrogen) atoms. The Morgan fingerprint density at radius 1 is 1.03 bits per heavy atom. The van der Waals surface area contributed by atoms with Crippen LogP contribution in [0.1, 0.15) is 6.92 Å². The number of ether oxygens (including phenoxy) is 2. The van der Waals surface area contributed by atoms with Gasteiger partial charge in [0.2, 0.25) is 5.96 Å². The molecule has 2 aliphatic rings. The van der Waals surface area contributed by atoms with E-state index in [1.165, 1.54) is 6.33 Å². The van der Waals surface area contributed by atoms with E-state index in [1.54, 1.807) is 19.2 Å². The first-order valence-electron chi connectivity index (χ1n) is 11.7. The summed E-state index contributed by atoms with van der Waals surface area (Å²) >= 11 is 12.2. The summed E-state index contributed by atoms with van der Waals surface area (Å²) in [7, 11) is 1.60. The minimum atomic E-state index is 0.258. The van der Waals surface area contributed by atoms with Gasteiger partial charge in [-0.05, 0) is 36.0 Å². The molecule has 0 radical (unpaired) electrons. The van der Waals surface area contributed by atoms with Crippen molar-refractivity contribution in [1.29, 1.82) is 0 Å². The van der Waals surface area contributed by atoms with Crippen LogP contribution in [0.5, 0.6) is 11.5 Å². The van der Waals surface area contributed by atoms with Crippen molar-refractivity contribution in [3.05, 3.63) is 46.7 Å². The van der Waals surface area contributed by atoms with Gasteiger partial charge in [0.05, 0.1) is 22.7 Å². The zero-order chi connectivity index (χ0) is 25.1. The highest BCUT2D eigenvalue weighted by molar-refractivity contribution is 6.42. The van der Waals surface area contributed by atoms with E-state index in [-0.39, 0.29) is 6.73 Å². The van der Waals surface area contributed by atoms with Gasteiger partial charge in [0, 0.05) is 43.3 Å². The minimum Gasteiger partial charge on any atom is -0.493 e. The van der Waals surface area contributed by atoms with Gasteiger partial charge in [0.25, 0.3) is 0 Å². The maximum atomic E-state index is 6.16. The van der Waals surface area contributed by atoms with Crippen molar-refractivity contribution in [1.82, 2.24) is 24.7 Å². The van der Waals surface area contributed by atoms with Crippen LogP contribution in [0, 0.1) is 0 Å². The van der Waals surface area contributed by atoms with E-state index in [0.717, 1.165) is 49.8 Å². The highest BCUT2D eigenvalue weighted by atomic mass is 35.5. The molecule has 1 aromatic heterocycles. The van der Waals surface area contributed by atoms with Crippen molar-refractivity contribution < 1.29 is 14.3 Å². The first-order valence-corrected chi connectivity index (χ1v) is 12.4. The van der Waals surface area contributed by atoms with Gasteiger partial charge in [0.1, 0.15) is 12.1 Å². The number of halogens is 2. The summed E-state index contributed by atoms with van der Waals surface area (Å²) in [4.78, 5) is 20.8. The second kappa shape index (κ2) is 10.8. The van der Waals surface area contributed by atoms with Gasteiger partial charge >= 0.3 is 0 Å². The zero-order valence-electron chi connectivity index (χ0n) is 20.1. The summed E-state index contributed by atoms with van der Waals surface area (Å²) in [5.74, 6) is 2.52.